The van der Waals surface area contributed by atoms with Gasteiger partial charge in [-0.25, -0.2) is 8.42 Å². The van der Waals surface area contributed by atoms with E-state index in [-0.39, 0.29) is 22.3 Å². The van der Waals surface area contributed by atoms with E-state index in [0.29, 0.717) is 59.1 Å². The number of carbonyl (C=O) groups is 2. The minimum Gasteiger partial charge on any atom is -0.495 e. The number of nitrogens with zero attached hydrogens (tertiary/aromatic N) is 4. The molecule has 0 radical (unpaired) electrons. The fourth-order valence-corrected chi connectivity index (χ4v) is 6.87. The van der Waals surface area contributed by atoms with E-state index >= 15 is 0 Å². The molecule has 1 aliphatic rings. The molecule has 0 atom stereocenters. The van der Waals surface area contributed by atoms with Crippen LogP contribution in [0.1, 0.15) is 42.4 Å². The zero-order chi connectivity index (χ0) is 28.0. The lowest BCUT2D eigenvalue weighted by Gasteiger charge is -2.25. The molecule has 2 aromatic carbocycles. The third-order valence-electron chi connectivity index (χ3n) is 6.28. The van der Waals surface area contributed by atoms with Crippen molar-refractivity contribution in [3.8, 4) is 11.4 Å². The second-order valence-corrected chi connectivity index (χ2v) is 12.3. The molecule has 1 fully saturated rings. The zero-order valence-electron chi connectivity index (χ0n) is 21.7. The van der Waals surface area contributed by atoms with Crippen LogP contribution >= 0.6 is 23.4 Å². The monoisotopic (exact) mass is 591 g/mol. The van der Waals surface area contributed by atoms with Crippen molar-refractivity contribution >= 4 is 45.1 Å². The number of ether oxygens (including phenoxy) is 1. The number of aromatic nitrogens is 3. The van der Waals surface area contributed by atoms with Gasteiger partial charge < -0.3 is 10.1 Å². The van der Waals surface area contributed by atoms with E-state index in [2.05, 4.69) is 15.5 Å². The predicted molar refractivity (Wildman–Crippen MR) is 149 cm³/mol. The van der Waals surface area contributed by atoms with Crippen LogP contribution in [0.4, 0.5) is 0 Å². The number of hydrogen-bond donors (Lipinski definition) is 1. The lowest BCUT2D eigenvalue weighted by molar-refractivity contribution is -0.118. The van der Waals surface area contributed by atoms with Crippen molar-refractivity contribution in [2.24, 2.45) is 0 Å². The molecule has 208 valence electrons. The SMILES string of the molecule is COc1ccc(-n2c(CCNC(C)=O)nnc2SCC(=O)c2ccc(S(=O)(=O)N3CCCCC3)cc2)cc1Cl. The number of nitrogens with one attached hydrogen (secondary N) is 1. The highest BCUT2D eigenvalue weighted by molar-refractivity contribution is 7.99. The number of amides is 1. The molecule has 0 aliphatic carbocycles. The molecule has 0 saturated carbocycles. The number of rotatable bonds is 11. The second kappa shape index (κ2) is 12.9. The molecule has 0 spiro atoms. The smallest absolute Gasteiger partial charge is 0.243 e. The Bertz CT molecular complexity index is 1440. The molecular weight excluding hydrogens is 562 g/mol. The van der Waals surface area contributed by atoms with Gasteiger partial charge >= 0.3 is 0 Å². The molecule has 3 aromatic rings. The topological polar surface area (TPSA) is 123 Å². The number of ketones is 1. The Balaban J connectivity index is 1.50. The highest BCUT2D eigenvalue weighted by Gasteiger charge is 2.26. The molecule has 1 N–H and O–H groups in total. The van der Waals surface area contributed by atoms with Crippen LogP contribution in [0.3, 0.4) is 0 Å². The van der Waals surface area contributed by atoms with Crippen LogP contribution in [-0.4, -0.2) is 71.7 Å². The number of carbonyl (C=O) groups excluding carboxylic acids is 2. The summed E-state index contributed by atoms with van der Waals surface area (Å²) in [6.45, 7) is 2.85. The van der Waals surface area contributed by atoms with Crippen LogP contribution in [-0.2, 0) is 21.2 Å². The average molecular weight is 592 g/mol. The molecule has 2 heterocycles. The van der Waals surface area contributed by atoms with E-state index in [0.717, 1.165) is 19.3 Å². The van der Waals surface area contributed by atoms with Crippen molar-refractivity contribution in [1.29, 1.82) is 0 Å². The van der Waals surface area contributed by atoms with Gasteiger partial charge in [0.05, 0.1) is 28.5 Å². The van der Waals surface area contributed by atoms with Crippen molar-refractivity contribution in [1.82, 2.24) is 24.4 Å². The Kier molecular flexibility index (Phi) is 9.65. The Labute approximate surface area is 237 Å². The number of thioether (sulfide) groups is 1. The molecule has 4 rings (SSSR count). The molecule has 0 bridgehead atoms. The molecule has 0 unspecified atom stereocenters. The van der Waals surface area contributed by atoms with Crippen molar-refractivity contribution < 1.29 is 22.7 Å². The summed E-state index contributed by atoms with van der Waals surface area (Å²) in [5, 5.41) is 12.2. The van der Waals surface area contributed by atoms with Crippen LogP contribution in [0.5, 0.6) is 5.75 Å². The lowest BCUT2D eigenvalue weighted by Crippen LogP contribution is -2.35. The summed E-state index contributed by atoms with van der Waals surface area (Å²) in [5.74, 6) is 0.842. The normalized spacial score (nSPS) is 14.2. The Morgan fingerprint density at radius 2 is 1.79 bits per heavy atom. The Morgan fingerprint density at radius 1 is 1.08 bits per heavy atom. The summed E-state index contributed by atoms with van der Waals surface area (Å²) in [4.78, 5) is 24.5. The molecular formula is C26H30ClN5O5S2. The number of Topliss-reactive ketones (excluding diaryl/α,β-unsaturated/α-hetero) is 1. The standard InChI is InChI=1S/C26H30ClN5O5S2/c1-18(33)28-13-12-25-29-30-26(32(25)20-8-11-24(37-2)22(27)16-20)38-17-23(34)19-6-9-21(10-7-19)39(35,36)31-14-4-3-5-15-31/h6-11,16H,3-5,12-15,17H2,1-2H3,(H,28,33). The van der Waals surface area contributed by atoms with Gasteiger partial charge in [-0.15, -0.1) is 10.2 Å². The largest absolute Gasteiger partial charge is 0.495 e. The molecule has 1 aliphatic heterocycles. The molecule has 1 aromatic heterocycles. The number of sulfonamides is 1. The first-order valence-corrected chi connectivity index (χ1v) is 15.3. The number of piperidine rings is 1. The third kappa shape index (κ3) is 6.99. The number of halogens is 1. The van der Waals surface area contributed by atoms with Crippen LogP contribution in [0.25, 0.3) is 5.69 Å². The van der Waals surface area contributed by atoms with Gasteiger partial charge in [0.15, 0.2) is 10.9 Å². The van der Waals surface area contributed by atoms with Gasteiger partial charge in [0.25, 0.3) is 0 Å². The summed E-state index contributed by atoms with van der Waals surface area (Å²) in [5.41, 5.74) is 1.09. The van der Waals surface area contributed by atoms with Gasteiger partial charge in [-0.1, -0.05) is 41.9 Å². The molecule has 13 heteroatoms. The number of methoxy groups -OCH3 is 1. The summed E-state index contributed by atoms with van der Waals surface area (Å²) in [7, 11) is -2.04. The van der Waals surface area contributed by atoms with E-state index in [4.69, 9.17) is 16.3 Å². The van der Waals surface area contributed by atoms with Gasteiger partial charge in [0, 0.05) is 38.5 Å². The van der Waals surface area contributed by atoms with E-state index in [9.17, 15) is 18.0 Å². The molecule has 1 saturated heterocycles. The molecule has 39 heavy (non-hydrogen) atoms. The zero-order valence-corrected chi connectivity index (χ0v) is 24.1. The van der Waals surface area contributed by atoms with E-state index in [1.165, 1.54) is 42.2 Å². The summed E-state index contributed by atoms with van der Waals surface area (Å²) >= 11 is 7.56. The Morgan fingerprint density at radius 3 is 2.44 bits per heavy atom. The van der Waals surface area contributed by atoms with E-state index in [1.807, 2.05) is 6.07 Å². The quantitative estimate of drug-likeness (QED) is 0.264. The number of hydrogen-bond acceptors (Lipinski definition) is 8. The average Bonchev–Trinajstić information content (AvgIpc) is 3.34. The van der Waals surface area contributed by atoms with Crippen molar-refractivity contribution in [3.63, 3.8) is 0 Å². The van der Waals surface area contributed by atoms with Gasteiger partial charge in [0.1, 0.15) is 11.6 Å². The minimum atomic E-state index is -3.57. The first-order valence-electron chi connectivity index (χ1n) is 12.5. The summed E-state index contributed by atoms with van der Waals surface area (Å²) < 4.78 is 34.4. The van der Waals surface area contributed by atoms with Crippen molar-refractivity contribution in [2.45, 2.75) is 42.7 Å². The van der Waals surface area contributed by atoms with Gasteiger partial charge in [-0.05, 0) is 43.2 Å². The van der Waals surface area contributed by atoms with Gasteiger partial charge in [-0.2, -0.15) is 4.31 Å². The molecule has 10 nitrogen and oxygen atoms in total. The van der Waals surface area contributed by atoms with Crippen LogP contribution in [0.2, 0.25) is 5.02 Å². The van der Waals surface area contributed by atoms with Gasteiger partial charge in [0.2, 0.25) is 15.9 Å². The summed E-state index contributed by atoms with van der Waals surface area (Å²) in [6, 6.07) is 11.3. The maximum Gasteiger partial charge on any atom is 0.243 e. The minimum absolute atomic E-state index is 0.0614. The third-order valence-corrected chi connectivity index (χ3v) is 9.42. The maximum atomic E-state index is 13.0. The highest BCUT2D eigenvalue weighted by atomic mass is 35.5. The first-order chi connectivity index (χ1) is 18.7. The maximum absolute atomic E-state index is 13.0. The van der Waals surface area contributed by atoms with Crippen molar-refractivity contribution in [2.75, 3.05) is 32.5 Å². The predicted octanol–water partition coefficient (Wildman–Crippen LogP) is 3.76. The second-order valence-electron chi connectivity index (χ2n) is 8.99. The van der Waals surface area contributed by atoms with Crippen LogP contribution < -0.4 is 10.1 Å². The first kappa shape index (κ1) is 29.1. The highest BCUT2D eigenvalue weighted by Crippen LogP contribution is 2.30. The fourth-order valence-electron chi connectivity index (χ4n) is 4.24. The fraction of sp³-hybridized carbons (Fsp3) is 0.385. The van der Waals surface area contributed by atoms with Crippen molar-refractivity contribution in [3.05, 3.63) is 58.9 Å². The van der Waals surface area contributed by atoms with Crippen LogP contribution in [0, 0.1) is 0 Å². The summed E-state index contributed by atoms with van der Waals surface area (Å²) in [6.07, 6.45) is 3.16. The van der Waals surface area contributed by atoms with E-state index in [1.54, 1.807) is 28.8 Å². The van der Waals surface area contributed by atoms with E-state index < -0.39 is 10.0 Å². The van der Waals surface area contributed by atoms with Gasteiger partial charge in [-0.3, -0.25) is 14.2 Å². The number of benzene rings is 2. The van der Waals surface area contributed by atoms with Crippen LogP contribution in [0.15, 0.2) is 52.5 Å². The lowest BCUT2D eigenvalue weighted by atomic mass is 10.1. The molecule has 1 amide bonds. The Hall–Kier alpha value is -2.93.